The number of esters is 1. The summed E-state index contributed by atoms with van der Waals surface area (Å²) in [5.41, 5.74) is 2.70. The van der Waals surface area contributed by atoms with Gasteiger partial charge in [-0.05, 0) is 30.2 Å². The number of methoxy groups -OCH3 is 1. The van der Waals surface area contributed by atoms with Crippen LogP contribution in [0.25, 0.3) is 10.9 Å². The van der Waals surface area contributed by atoms with Crippen LogP contribution >= 0.6 is 0 Å². The summed E-state index contributed by atoms with van der Waals surface area (Å²) >= 11 is 0. The molecule has 0 fully saturated rings. The van der Waals surface area contributed by atoms with Crippen LogP contribution in [0.5, 0.6) is 0 Å². The van der Waals surface area contributed by atoms with Crippen molar-refractivity contribution < 1.29 is 17.9 Å². The normalized spacial score (nSPS) is 12.8. The van der Waals surface area contributed by atoms with Crippen LogP contribution in [0, 0.1) is 0 Å². The minimum Gasteiger partial charge on any atom is -0.468 e. The van der Waals surface area contributed by atoms with Crippen LogP contribution in [-0.4, -0.2) is 33.0 Å². The zero-order valence-corrected chi connectivity index (χ0v) is 15.6. The molecule has 3 rings (SSSR count). The molecule has 0 amide bonds. The largest absolute Gasteiger partial charge is 0.468 e. The highest BCUT2D eigenvalue weighted by molar-refractivity contribution is 7.89. The molecular formula is C19H21N3O4S. The molecule has 4 N–H and O–H groups in total. The van der Waals surface area contributed by atoms with Crippen LogP contribution in [0.15, 0.2) is 59.6 Å². The fourth-order valence-electron chi connectivity index (χ4n) is 2.98. The van der Waals surface area contributed by atoms with Gasteiger partial charge in [0.05, 0.1) is 12.0 Å². The van der Waals surface area contributed by atoms with E-state index < -0.39 is 16.1 Å². The number of carbonyl (C=O) groups is 1. The second-order valence-electron chi connectivity index (χ2n) is 6.14. The lowest BCUT2D eigenvalue weighted by Gasteiger charge is -2.16. The average molecular weight is 387 g/mol. The molecule has 1 heterocycles. The van der Waals surface area contributed by atoms with E-state index in [1.807, 2.05) is 24.3 Å². The Hall–Kier alpha value is -2.68. The first-order valence-corrected chi connectivity index (χ1v) is 9.94. The van der Waals surface area contributed by atoms with Crippen LogP contribution in [0.2, 0.25) is 0 Å². The van der Waals surface area contributed by atoms with Gasteiger partial charge in [-0.25, -0.2) is 18.4 Å². The molecule has 1 aromatic heterocycles. The molecule has 0 aliphatic carbocycles. The summed E-state index contributed by atoms with van der Waals surface area (Å²) in [7, 11) is -2.34. The third-order valence-electron chi connectivity index (χ3n) is 4.38. The Labute approximate surface area is 157 Å². The van der Waals surface area contributed by atoms with Gasteiger partial charge in [0.15, 0.2) is 0 Å². The van der Waals surface area contributed by atoms with Crippen LogP contribution in [-0.2, 0) is 26.0 Å². The number of para-hydroxylation sites is 1. The van der Waals surface area contributed by atoms with E-state index in [0.717, 1.165) is 22.0 Å². The highest BCUT2D eigenvalue weighted by Gasteiger charge is 2.23. The molecule has 1 unspecified atom stereocenters. The smallest absolute Gasteiger partial charge is 0.327 e. The molecule has 3 aromatic rings. The SMILES string of the molecule is COC(=O)C(NCCc1ccc(S(N)(=O)=O)cc1)c1c[nH]c2ccccc12. The van der Waals surface area contributed by atoms with Gasteiger partial charge in [-0.1, -0.05) is 30.3 Å². The zero-order chi connectivity index (χ0) is 19.4. The van der Waals surface area contributed by atoms with E-state index in [1.165, 1.54) is 19.2 Å². The van der Waals surface area contributed by atoms with Gasteiger partial charge in [0.1, 0.15) is 6.04 Å². The van der Waals surface area contributed by atoms with Gasteiger partial charge in [0, 0.05) is 29.2 Å². The molecule has 0 spiro atoms. The van der Waals surface area contributed by atoms with E-state index in [0.29, 0.717) is 13.0 Å². The van der Waals surface area contributed by atoms with Crippen molar-refractivity contribution in [3.8, 4) is 0 Å². The van der Waals surface area contributed by atoms with Crippen molar-refractivity contribution in [2.24, 2.45) is 5.14 Å². The molecule has 0 radical (unpaired) electrons. The summed E-state index contributed by atoms with van der Waals surface area (Å²) < 4.78 is 27.6. The first-order chi connectivity index (χ1) is 12.9. The number of ether oxygens (including phenoxy) is 1. The lowest BCUT2D eigenvalue weighted by Crippen LogP contribution is -2.31. The maximum absolute atomic E-state index is 12.3. The summed E-state index contributed by atoms with van der Waals surface area (Å²) in [4.78, 5) is 15.5. The van der Waals surface area contributed by atoms with Gasteiger partial charge in [-0.2, -0.15) is 0 Å². The predicted molar refractivity (Wildman–Crippen MR) is 103 cm³/mol. The Morgan fingerprint density at radius 2 is 1.89 bits per heavy atom. The molecular weight excluding hydrogens is 366 g/mol. The van der Waals surface area contributed by atoms with Crippen LogP contribution in [0.1, 0.15) is 17.2 Å². The van der Waals surface area contributed by atoms with Crippen LogP contribution in [0.3, 0.4) is 0 Å². The fourth-order valence-corrected chi connectivity index (χ4v) is 3.49. The van der Waals surface area contributed by atoms with Crippen molar-refractivity contribution in [2.75, 3.05) is 13.7 Å². The number of sulfonamides is 1. The lowest BCUT2D eigenvalue weighted by atomic mass is 10.1. The quantitative estimate of drug-likeness (QED) is 0.536. The number of nitrogens with one attached hydrogen (secondary N) is 2. The summed E-state index contributed by atoms with van der Waals surface area (Å²) in [6.07, 6.45) is 2.42. The number of carbonyl (C=O) groups excluding carboxylic acids is 1. The third-order valence-corrected chi connectivity index (χ3v) is 5.31. The summed E-state index contributed by atoms with van der Waals surface area (Å²) in [5.74, 6) is -0.371. The number of primary sulfonamides is 1. The number of nitrogens with two attached hydrogens (primary N) is 1. The van der Waals surface area contributed by atoms with E-state index >= 15 is 0 Å². The number of rotatable bonds is 7. The van der Waals surface area contributed by atoms with Crippen molar-refractivity contribution in [2.45, 2.75) is 17.4 Å². The highest BCUT2D eigenvalue weighted by Crippen LogP contribution is 2.25. The van der Waals surface area contributed by atoms with Crippen molar-refractivity contribution in [1.82, 2.24) is 10.3 Å². The second-order valence-corrected chi connectivity index (χ2v) is 7.70. The Morgan fingerprint density at radius 1 is 1.19 bits per heavy atom. The highest BCUT2D eigenvalue weighted by atomic mass is 32.2. The van der Waals surface area contributed by atoms with Gasteiger partial charge < -0.3 is 15.0 Å². The maximum Gasteiger partial charge on any atom is 0.327 e. The number of H-pyrrole nitrogens is 1. The third kappa shape index (κ3) is 4.36. The summed E-state index contributed by atoms with van der Waals surface area (Å²) in [6, 6.07) is 13.5. The molecule has 0 bridgehead atoms. The number of aromatic nitrogens is 1. The Balaban J connectivity index is 1.72. The zero-order valence-electron chi connectivity index (χ0n) is 14.8. The Kier molecular flexibility index (Phi) is 5.59. The maximum atomic E-state index is 12.3. The van der Waals surface area contributed by atoms with Gasteiger partial charge in [0.25, 0.3) is 0 Å². The second kappa shape index (κ2) is 7.91. The predicted octanol–water partition coefficient (Wildman–Crippen LogP) is 1.86. The van der Waals surface area contributed by atoms with Crippen molar-refractivity contribution in [1.29, 1.82) is 0 Å². The Morgan fingerprint density at radius 3 is 2.56 bits per heavy atom. The van der Waals surface area contributed by atoms with Crippen molar-refractivity contribution in [3.05, 3.63) is 65.9 Å². The lowest BCUT2D eigenvalue weighted by molar-refractivity contribution is -0.143. The first kappa shape index (κ1) is 19.1. The van der Waals surface area contributed by atoms with E-state index in [-0.39, 0.29) is 10.9 Å². The molecule has 2 aromatic carbocycles. The topological polar surface area (TPSA) is 114 Å². The number of aromatic amines is 1. The molecule has 142 valence electrons. The molecule has 0 saturated carbocycles. The number of benzene rings is 2. The summed E-state index contributed by atoms with van der Waals surface area (Å²) in [6.45, 7) is 0.508. The van der Waals surface area contributed by atoms with E-state index in [1.54, 1.807) is 18.3 Å². The monoisotopic (exact) mass is 387 g/mol. The fraction of sp³-hybridized carbons (Fsp3) is 0.211. The minimum atomic E-state index is -3.70. The first-order valence-electron chi connectivity index (χ1n) is 8.39. The van der Waals surface area contributed by atoms with Gasteiger partial charge in [-0.15, -0.1) is 0 Å². The van der Waals surface area contributed by atoms with E-state index in [2.05, 4.69) is 10.3 Å². The molecule has 0 saturated heterocycles. The van der Waals surface area contributed by atoms with Gasteiger partial charge >= 0.3 is 5.97 Å². The summed E-state index contributed by atoms with van der Waals surface area (Å²) in [5, 5.41) is 9.28. The number of fused-ring (bicyclic) bond motifs is 1. The van der Waals surface area contributed by atoms with Crippen LogP contribution in [0.4, 0.5) is 0 Å². The van der Waals surface area contributed by atoms with Gasteiger partial charge in [-0.3, -0.25) is 0 Å². The molecule has 27 heavy (non-hydrogen) atoms. The molecule has 0 aliphatic heterocycles. The minimum absolute atomic E-state index is 0.0745. The molecule has 8 heteroatoms. The average Bonchev–Trinajstić information content (AvgIpc) is 3.08. The van der Waals surface area contributed by atoms with Crippen molar-refractivity contribution >= 4 is 26.9 Å². The van der Waals surface area contributed by atoms with Crippen molar-refractivity contribution in [3.63, 3.8) is 0 Å². The van der Waals surface area contributed by atoms with Crippen LogP contribution < -0.4 is 10.5 Å². The standard InChI is InChI=1S/C19H21N3O4S/c1-26-19(23)18(16-12-22-17-5-3-2-4-15(16)17)21-11-10-13-6-8-14(9-7-13)27(20,24)25/h2-9,12,18,21-22H,10-11H2,1H3,(H2,20,24,25). The van der Waals surface area contributed by atoms with Gasteiger partial charge in [0.2, 0.25) is 10.0 Å². The number of hydrogen-bond donors (Lipinski definition) is 3. The molecule has 7 nitrogen and oxygen atoms in total. The molecule has 0 aliphatic rings. The Bertz CT molecular complexity index is 1040. The van der Waals surface area contributed by atoms with E-state index in [4.69, 9.17) is 9.88 Å². The van der Waals surface area contributed by atoms with E-state index in [9.17, 15) is 13.2 Å². The molecule has 1 atom stereocenters. The number of hydrogen-bond acceptors (Lipinski definition) is 5.